The van der Waals surface area contributed by atoms with Gasteiger partial charge in [0.2, 0.25) is 10.0 Å². The van der Waals surface area contributed by atoms with Crippen LogP contribution in [0.15, 0.2) is 24.5 Å². The molecule has 1 heterocycles. The van der Waals surface area contributed by atoms with Gasteiger partial charge in [-0.05, 0) is 24.1 Å². The molecular formula is C9H13FN2O2S. The Kier molecular flexibility index (Phi) is 4.64. The highest BCUT2D eigenvalue weighted by atomic mass is 32.2. The number of hydrogen-bond acceptors (Lipinski definition) is 3. The molecule has 1 N–H and O–H groups in total. The molecule has 0 saturated heterocycles. The lowest BCUT2D eigenvalue weighted by Gasteiger charge is -2.05. The normalized spacial score (nSPS) is 11.5. The van der Waals surface area contributed by atoms with Crippen LogP contribution in [-0.2, 0) is 16.6 Å². The Balaban J connectivity index is 2.43. The molecule has 0 saturated carbocycles. The minimum absolute atomic E-state index is 0.0334. The molecule has 0 unspecified atom stereocenters. The Bertz CT molecular complexity index is 380. The van der Waals surface area contributed by atoms with E-state index in [9.17, 15) is 12.8 Å². The molecule has 0 aliphatic rings. The number of alkyl halides is 1. The van der Waals surface area contributed by atoms with Crippen molar-refractivity contribution in [1.29, 1.82) is 0 Å². The van der Waals surface area contributed by atoms with Crippen LogP contribution in [0.2, 0.25) is 0 Å². The molecular weight excluding hydrogens is 219 g/mol. The fourth-order valence-corrected chi connectivity index (χ4v) is 2.03. The van der Waals surface area contributed by atoms with Gasteiger partial charge in [0.05, 0.1) is 12.4 Å². The highest BCUT2D eigenvalue weighted by Crippen LogP contribution is 1.98. The third-order valence-electron chi connectivity index (χ3n) is 1.79. The number of aromatic nitrogens is 1. The minimum Gasteiger partial charge on any atom is -0.265 e. The van der Waals surface area contributed by atoms with Gasteiger partial charge in [-0.1, -0.05) is 0 Å². The monoisotopic (exact) mass is 232 g/mol. The Morgan fingerprint density at radius 3 is 2.60 bits per heavy atom. The van der Waals surface area contributed by atoms with Crippen LogP contribution in [0.4, 0.5) is 4.39 Å². The number of halogens is 1. The Morgan fingerprint density at radius 2 is 2.00 bits per heavy atom. The first kappa shape index (κ1) is 12.1. The minimum atomic E-state index is -3.35. The van der Waals surface area contributed by atoms with Gasteiger partial charge in [-0.15, -0.1) is 0 Å². The van der Waals surface area contributed by atoms with E-state index >= 15 is 0 Å². The molecule has 0 spiro atoms. The fraction of sp³-hybridized carbons (Fsp3) is 0.444. The zero-order valence-electron chi connectivity index (χ0n) is 8.19. The molecule has 1 rings (SSSR count). The van der Waals surface area contributed by atoms with Crippen molar-refractivity contribution in [3.05, 3.63) is 30.1 Å². The van der Waals surface area contributed by atoms with Crippen LogP contribution >= 0.6 is 0 Å². The van der Waals surface area contributed by atoms with Crippen LogP contribution in [-0.4, -0.2) is 25.8 Å². The van der Waals surface area contributed by atoms with Crippen molar-refractivity contribution in [3.8, 4) is 0 Å². The second-order valence-electron chi connectivity index (χ2n) is 3.04. The van der Waals surface area contributed by atoms with Crippen molar-refractivity contribution in [2.45, 2.75) is 13.0 Å². The van der Waals surface area contributed by atoms with E-state index in [2.05, 4.69) is 9.71 Å². The lowest BCUT2D eigenvalue weighted by Crippen LogP contribution is -2.26. The summed E-state index contributed by atoms with van der Waals surface area (Å²) in [5.74, 6) is -0.172. The smallest absolute Gasteiger partial charge is 0.211 e. The van der Waals surface area contributed by atoms with E-state index in [0.29, 0.717) is 0 Å². The molecule has 0 fully saturated rings. The molecule has 6 heteroatoms. The number of rotatable bonds is 6. The molecule has 0 atom stereocenters. The largest absolute Gasteiger partial charge is 0.265 e. The molecule has 0 amide bonds. The first-order chi connectivity index (χ1) is 7.14. The van der Waals surface area contributed by atoms with Crippen molar-refractivity contribution in [1.82, 2.24) is 9.71 Å². The lowest BCUT2D eigenvalue weighted by atomic mass is 10.3. The summed E-state index contributed by atoms with van der Waals surface area (Å²) in [6.45, 7) is -0.396. The summed E-state index contributed by atoms with van der Waals surface area (Å²) in [4.78, 5) is 3.81. The molecule has 84 valence electrons. The molecule has 1 aromatic heterocycles. The lowest BCUT2D eigenvalue weighted by molar-refractivity contribution is 0.483. The van der Waals surface area contributed by atoms with Gasteiger partial charge < -0.3 is 0 Å². The van der Waals surface area contributed by atoms with E-state index < -0.39 is 16.7 Å². The Labute approximate surface area is 88.6 Å². The first-order valence-electron chi connectivity index (χ1n) is 4.56. The van der Waals surface area contributed by atoms with Gasteiger partial charge in [-0.2, -0.15) is 0 Å². The Hall–Kier alpha value is -1.01. The molecule has 0 bridgehead atoms. The second kappa shape index (κ2) is 5.77. The zero-order chi connectivity index (χ0) is 11.1. The number of nitrogens with zero attached hydrogens (tertiary/aromatic N) is 1. The van der Waals surface area contributed by atoms with Crippen molar-refractivity contribution < 1.29 is 12.8 Å². The maximum atomic E-state index is 11.8. The maximum absolute atomic E-state index is 11.8. The van der Waals surface area contributed by atoms with E-state index in [-0.39, 0.29) is 18.7 Å². The van der Waals surface area contributed by atoms with Gasteiger partial charge in [-0.3, -0.25) is 9.37 Å². The van der Waals surface area contributed by atoms with Gasteiger partial charge in [-0.25, -0.2) is 13.1 Å². The van der Waals surface area contributed by atoms with E-state index in [4.69, 9.17) is 0 Å². The molecule has 15 heavy (non-hydrogen) atoms. The first-order valence-corrected chi connectivity index (χ1v) is 6.21. The SMILES string of the molecule is O=S(=O)(CCCF)NCc1ccncc1. The quantitative estimate of drug-likeness (QED) is 0.791. The summed E-state index contributed by atoms with van der Waals surface area (Å²) in [6.07, 6.45) is 3.21. The Morgan fingerprint density at radius 1 is 1.33 bits per heavy atom. The predicted molar refractivity (Wildman–Crippen MR) is 55.5 cm³/mol. The molecule has 0 aliphatic carbocycles. The molecule has 1 aromatic rings. The van der Waals surface area contributed by atoms with Crippen LogP contribution in [0.5, 0.6) is 0 Å². The summed E-state index contributed by atoms with van der Waals surface area (Å²) < 4.78 is 36.7. The van der Waals surface area contributed by atoms with Crippen molar-refractivity contribution >= 4 is 10.0 Å². The van der Waals surface area contributed by atoms with Crippen LogP contribution < -0.4 is 4.72 Å². The fourth-order valence-electron chi connectivity index (χ4n) is 1.01. The average Bonchev–Trinajstić information content (AvgIpc) is 2.25. The highest BCUT2D eigenvalue weighted by molar-refractivity contribution is 7.89. The highest BCUT2D eigenvalue weighted by Gasteiger charge is 2.08. The average molecular weight is 232 g/mol. The van der Waals surface area contributed by atoms with Crippen molar-refractivity contribution in [3.63, 3.8) is 0 Å². The van der Waals surface area contributed by atoms with E-state index in [1.165, 1.54) is 0 Å². The zero-order valence-corrected chi connectivity index (χ0v) is 9.00. The second-order valence-corrected chi connectivity index (χ2v) is 4.96. The van der Waals surface area contributed by atoms with Gasteiger partial charge in [0, 0.05) is 18.9 Å². The van der Waals surface area contributed by atoms with Crippen molar-refractivity contribution in [2.24, 2.45) is 0 Å². The third kappa shape index (κ3) is 4.85. The number of hydrogen-bond donors (Lipinski definition) is 1. The van der Waals surface area contributed by atoms with Crippen LogP contribution in [0.1, 0.15) is 12.0 Å². The molecule has 0 radical (unpaired) electrons. The summed E-state index contributed by atoms with van der Waals surface area (Å²) in [6, 6.07) is 3.44. The summed E-state index contributed by atoms with van der Waals surface area (Å²) >= 11 is 0. The standard InChI is InChI=1S/C9H13FN2O2S/c10-4-1-7-15(13,14)12-8-9-2-5-11-6-3-9/h2-3,5-6,12H,1,4,7-8H2. The molecule has 0 aliphatic heterocycles. The summed E-state index contributed by atoms with van der Waals surface area (Å²) in [7, 11) is -3.35. The van der Waals surface area contributed by atoms with Crippen molar-refractivity contribution in [2.75, 3.05) is 12.4 Å². The molecule has 4 nitrogen and oxygen atoms in total. The maximum Gasteiger partial charge on any atom is 0.211 e. The van der Waals surface area contributed by atoms with Crippen LogP contribution in [0.3, 0.4) is 0 Å². The number of nitrogens with one attached hydrogen (secondary N) is 1. The van der Waals surface area contributed by atoms with Gasteiger partial charge in [0.15, 0.2) is 0 Å². The predicted octanol–water partition coefficient (Wildman–Crippen LogP) is 0.861. The van der Waals surface area contributed by atoms with Crippen LogP contribution in [0, 0.1) is 0 Å². The number of pyridine rings is 1. The molecule has 0 aromatic carbocycles. The summed E-state index contributed by atoms with van der Waals surface area (Å²) in [5, 5.41) is 0. The van der Waals surface area contributed by atoms with Gasteiger partial charge in [0.25, 0.3) is 0 Å². The van der Waals surface area contributed by atoms with E-state index in [1.807, 2.05) is 0 Å². The van der Waals surface area contributed by atoms with E-state index in [0.717, 1.165) is 5.56 Å². The topological polar surface area (TPSA) is 59.1 Å². The number of sulfonamides is 1. The summed E-state index contributed by atoms with van der Waals surface area (Å²) in [5.41, 5.74) is 0.828. The van der Waals surface area contributed by atoms with E-state index in [1.54, 1.807) is 24.5 Å². The third-order valence-corrected chi connectivity index (χ3v) is 3.20. The van der Waals surface area contributed by atoms with Gasteiger partial charge in [0.1, 0.15) is 0 Å². The van der Waals surface area contributed by atoms with Gasteiger partial charge >= 0.3 is 0 Å². The van der Waals surface area contributed by atoms with Crippen LogP contribution in [0.25, 0.3) is 0 Å².